The molecule has 1 aromatic carbocycles. The van der Waals surface area contributed by atoms with Gasteiger partial charge in [-0.2, -0.15) is 0 Å². The van der Waals surface area contributed by atoms with Crippen molar-refractivity contribution >= 4 is 6.09 Å². The fraction of sp³-hybridized carbons (Fsp3) is 0.611. The van der Waals surface area contributed by atoms with Gasteiger partial charge in [-0.15, -0.1) is 0 Å². The Balaban J connectivity index is 2.49. The smallest absolute Gasteiger partial charge is 0.407 e. The number of ether oxygens (including phenoxy) is 1. The molecule has 0 saturated heterocycles. The van der Waals surface area contributed by atoms with Gasteiger partial charge in [0.15, 0.2) is 0 Å². The number of para-hydroxylation sites is 1. The molecule has 5 heteroatoms. The van der Waals surface area contributed by atoms with E-state index in [1.165, 1.54) is 0 Å². The summed E-state index contributed by atoms with van der Waals surface area (Å²) in [4.78, 5) is 11.8. The van der Waals surface area contributed by atoms with E-state index in [1.807, 2.05) is 32.9 Å². The maximum atomic E-state index is 11.8. The second kappa shape index (κ2) is 9.40. The molecule has 1 atom stereocenters. The van der Waals surface area contributed by atoms with Gasteiger partial charge in [0.2, 0.25) is 0 Å². The molecule has 3 N–H and O–H groups in total. The Morgan fingerprint density at radius 3 is 2.61 bits per heavy atom. The number of phenols is 1. The molecule has 0 aliphatic carbocycles. The maximum Gasteiger partial charge on any atom is 0.407 e. The topological polar surface area (TPSA) is 70.6 Å². The summed E-state index contributed by atoms with van der Waals surface area (Å²) < 4.78 is 5.26. The predicted octanol–water partition coefficient (Wildman–Crippen LogP) is 3.57. The van der Waals surface area contributed by atoms with Crippen LogP contribution in [-0.4, -0.2) is 29.4 Å². The number of aromatic hydroxyl groups is 1. The van der Waals surface area contributed by atoms with Crippen LogP contribution in [0.4, 0.5) is 4.79 Å². The lowest BCUT2D eigenvalue weighted by atomic mass is 10.1. The molecule has 0 aromatic heterocycles. The fourth-order valence-electron chi connectivity index (χ4n) is 2.16. The minimum absolute atomic E-state index is 0.141. The number of nitrogens with one attached hydrogen (secondary N) is 2. The summed E-state index contributed by atoms with van der Waals surface area (Å²) in [5.41, 5.74) is 0.359. The van der Waals surface area contributed by atoms with Gasteiger partial charge in [-0.25, -0.2) is 4.79 Å². The summed E-state index contributed by atoms with van der Waals surface area (Å²) in [5, 5.41) is 16.0. The SMILES string of the molecule is CCCCC(CNC(=O)OC(C)(C)C)NCc1ccccc1O. The van der Waals surface area contributed by atoms with E-state index in [-0.39, 0.29) is 11.8 Å². The number of amides is 1. The third kappa shape index (κ3) is 8.45. The molecule has 1 unspecified atom stereocenters. The average molecular weight is 322 g/mol. The van der Waals surface area contributed by atoms with Crippen LogP contribution in [0.5, 0.6) is 5.75 Å². The molecule has 0 radical (unpaired) electrons. The summed E-state index contributed by atoms with van der Waals surface area (Å²) >= 11 is 0. The van der Waals surface area contributed by atoms with Gasteiger partial charge >= 0.3 is 6.09 Å². The van der Waals surface area contributed by atoms with Crippen LogP contribution < -0.4 is 10.6 Å². The maximum absolute atomic E-state index is 11.8. The predicted molar refractivity (Wildman–Crippen MR) is 92.5 cm³/mol. The van der Waals surface area contributed by atoms with Crippen molar-refractivity contribution in [2.75, 3.05) is 6.54 Å². The molecule has 0 aliphatic rings. The van der Waals surface area contributed by atoms with Gasteiger partial charge in [-0.05, 0) is 33.3 Å². The molecule has 1 amide bonds. The van der Waals surface area contributed by atoms with Crippen molar-refractivity contribution in [3.8, 4) is 5.75 Å². The highest BCUT2D eigenvalue weighted by atomic mass is 16.6. The van der Waals surface area contributed by atoms with Crippen molar-refractivity contribution in [3.63, 3.8) is 0 Å². The van der Waals surface area contributed by atoms with Crippen LogP contribution in [0.25, 0.3) is 0 Å². The first-order chi connectivity index (χ1) is 10.8. The van der Waals surface area contributed by atoms with Gasteiger partial charge < -0.3 is 20.5 Å². The molecule has 23 heavy (non-hydrogen) atoms. The zero-order valence-electron chi connectivity index (χ0n) is 14.7. The summed E-state index contributed by atoms with van der Waals surface area (Å²) in [7, 11) is 0. The van der Waals surface area contributed by atoms with Gasteiger partial charge in [0.25, 0.3) is 0 Å². The standard InChI is InChI=1S/C18H30N2O3/c1-5-6-10-15(13-20-17(22)23-18(2,3)4)19-12-14-9-7-8-11-16(14)21/h7-9,11,15,19,21H,5-6,10,12-13H2,1-4H3,(H,20,22). The van der Waals surface area contributed by atoms with Gasteiger partial charge in [-0.1, -0.05) is 38.0 Å². The zero-order chi connectivity index (χ0) is 17.3. The first-order valence-corrected chi connectivity index (χ1v) is 8.29. The van der Waals surface area contributed by atoms with Crippen molar-refractivity contribution in [1.29, 1.82) is 0 Å². The Morgan fingerprint density at radius 1 is 1.30 bits per heavy atom. The monoisotopic (exact) mass is 322 g/mol. The van der Waals surface area contributed by atoms with Gasteiger partial charge in [0.05, 0.1) is 0 Å². The Bertz CT molecular complexity index is 483. The van der Waals surface area contributed by atoms with E-state index in [1.54, 1.807) is 12.1 Å². The molecule has 0 fully saturated rings. The lowest BCUT2D eigenvalue weighted by Crippen LogP contribution is -2.42. The minimum Gasteiger partial charge on any atom is -0.508 e. The van der Waals surface area contributed by atoms with E-state index in [9.17, 15) is 9.90 Å². The fourth-order valence-corrected chi connectivity index (χ4v) is 2.16. The van der Waals surface area contributed by atoms with Crippen LogP contribution in [0.15, 0.2) is 24.3 Å². The van der Waals surface area contributed by atoms with Crippen molar-refractivity contribution in [2.45, 2.75) is 65.1 Å². The van der Waals surface area contributed by atoms with E-state index in [4.69, 9.17) is 4.74 Å². The highest BCUT2D eigenvalue weighted by Crippen LogP contribution is 2.15. The van der Waals surface area contributed by atoms with Gasteiger partial charge in [-0.3, -0.25) is 0 Å². The van der Waals surface area contributed by atoms with Crippen LogP contribution in [0.3, 0.4) is 0 Å². The van der Waals surface area contributed by atoms with E-state index >= 15 is 0 Å². The number of phenolic OH excluding ortho intramolecular Hbond substituents is 1. The Morgan fingerprint density at radius 2 is 2.00 bits per heavy atom. The van der Waals surface area contributed by atoms with E-state index < -0.39 is 11.7 Å². The third-order valence-corrected chi connectivity index (χ3v) is 3.37. The molecule has 1 aromatic rings. The van der Waals surface area contributed by atoms with E-state index in [0.717, 1.165) is 24.8 Å². The lowest BCUT2D eigenvalue weighted by Gasteiger charge is -2.23. The Kier molecular flexibility index (Phi) is 7.89. The molecule has 5 nitrogen and oxygen atoms in total. The molecule has 130 valence electrons. The normalized spacial score (nSPS) is 12.7. The number of carbonyl (C=O) groups is 1. The van der Waals surface area contributed by atoms with Crippen molar-refractivity contribution in [1.82, 2.24) is 10.6 Å². The number of hydrogen-bond acceptors (Lipinski definition) is 4. The zero-order valence-corrected chi connectivity index (χ0v) is 14.7. The summed E-state index contributed by atoms with van der Waals surface area (Å²) in [6, 6.07) is 7.41. The highest BCUT2D eigenvalue weighted by molar-refractivity contribution is 5.67. The number of alkyl carbamates (subject to hydrolysis) is 1. The van der Waals surface area contributed by atoms with Crippen LogP contribution in [0.2, 0.25) is 0 Å². The summed E-state index contributed by atoms with van der Waals surface area (Å²) in [6.45, 7) is 8.74. The van der Waals surface area contributed by atoms with Crippen LogP contribution in [0, 0.1) is 0 Å². The second-order valence-corrected chi connectivity index (χ2v) is 6.73. The largest absolute Gasteiger partial charge is 0.508 e. The molecule has 0 heterocycles. The molecule has 0 bridgehead atoms. The number of rotatable bonds is 8. The molecule has 0 aliphatic heterocycles. The molecule has 0 saturated carbocycles. The van der Waals surface area contributed by atoms with E-state index in [0.29, 0.717) is 13.1 Å². The van der Waals surface area contributed by atoms with Crippen LogP contribution in [-0.2, 0) is 11.3 Å². The van der Waals surface area contributed by atoms with Crippen molar-refractivity contribution in [3.05, 3.63) is 29.8 Å². The number of hydrogen-bond donors (Lipinski definition) is 3. The highest BCUT2D eigenvalue weighted by Gasteiger charge is 2.17. The number of benzene rings is 1. The Hall–Kier alpha value is -1.75. The van der Waals surface area contributed by atoms with E-state index in [2.05, 4.69) is 17.6 Å². The first-order valence-electron chi connectivity index (χ1n) is 8.29. The van der Waals surface area contributed by atoms with Gasteiger partial charge in [0.1, 0.15) is 11.4 Å². The van der Waals surface area contributed by atoms with Crippen LogP contribution in [0.1, 0.15) is 52.5 Å². The number of carbonyl (C=O) groups excluding carboxylic acids is 1. The number of unbranched alkanes of at least 4 members (excludes halogenated alkanes) is 1. The average Bonchev–Trinajstić information content (AvgIpc) is 2.46. The molecular formula is C18H30N2O3. The second-order valence-electron chi connectivity index (χ2n) is 6.73. The molecular weight excluding hydrogens is 292 g/mol. The van der Waals surface area contributed by atoms with Crippen molar-refractivity contribution < 1.29 is 14.6 Å². The molecule has 1 rings (SSSR count). The first kappa shape index (κ1) is 19.3. The minimum atomic E-state index is -0.494. The van der Waals surface area contributed by atoms with Crippen molar-refractivity contribution in [2.24, 2.45) is 0 Å². The third-order valence-electron chi connectivity index (χ3n) is 3.37. The molecule has 0 spiro atoms. The lowest BCUT2D eigenvalue weighted by molar-refractivity contribution is 0.0521. The summed E-state index contributed by atoms with van der Waals surface area (Å²) in [6.07, 6.45) is 2.73. The Labute approximate surface area is 139 Å². The van der Waals surface area contributed by atoms with Crippen LogP contribution >= 0.6 is 0 Å². The summed E-state index contributed by atoms with van der Waals surface area (Å²) in [5.74, 6) is 0.286. The van der Waals surface area contributed by atoms with Gasteiger partial charge in [0, 0.05) is 24.7 Å². The quantitative estimate of drug-likeness (QED) is 0.684.